The fourth-order valence-corrected chi connectivity index (χ4v) is 1.59. The highest BCUT2D eigenvalue weighted by Crippen LogP contribution is 2.11. The third-order valence-corrected chi connectivity index (χ3v) is 2.74. The Balaban J connectivity index is 3.81. The Morgan fingerprint density at radius 3 is 2.56 bits per heavy atom. The molecule has 0 heterocycles. The van der Waals surface area contributed by atoms with Crippen molar-refractivity contribution >= 4 is 5.91 Å². The number of aliphatic hydroxyl groups excluding tert-OH is 1. The Morgan fingerprint density at radius 1 is 1.44 bits per heavy atom. The van der Waals surface area contributed by atoms with Crippen LogP contribution in [0.25, 0.3) is 0 Å². The smallest absolute Gasteiger partial charge is 0.220 e. The molecule has 0 aliphatic carbocycles. The summed E-state index contributed by atoms with van der Waals surface area (Å²) < 4.78 is 0. The molecule has 16 heavy (non-hydrogen) atoms. The van der Waals surface area contributed by atoms with Crippen molar-refractivity contribution < 1.29 is 9.90 Å². The number of aliphatic hydroxyl groups is 1. The molecule has 0 aromatic carbocycles. The standard InChI is InChI=1S/C12H26N2O2/c1-10(6-8-13)4-5-11(16)14-12(2,3)7-9-15/h10,15H,4-9,13H2,1-3H3,(H,14,16). The van der Waals surface area contributed by atoms with Gasteiger partial charge >= 0.3 is 0 Å². The second kappa shape index (κ2) is 7.63. The van der Waals surface area contributed by atoms with E-state index in [0.717, 1.165) is 12.8 Å². The zero-order valence-electron chi connectivity index (χ0n) is 10.8. The molecule has 0 rings (SSSR count). The predicted molar refractivity (Wildman–Crippen MR) is 66.0 cm³/mol. The Labute approximate surface area is 98.6 Å². The lowest BCUT2D eigenvalue weighted by Crippen LogP contribution is -2.44. The maximum absolute atomic E-state index is 11.6. The maximum Gasteiger partial charge on any atom is 0.220 e. The van der Waals surface area contributed by atoms with Crippen LogP contribution in [0.4, 0.5) is 0 Å². The minimum atomic E-state index is -0.317. The lowest BCUT2D eigenvalue weighted by atomic mass is 9.99. The van der Waals surface area contributed by atoms with E-state index in [0.29, 0.717) is 25.3 Å². The van der Waals surface area contributed by atoms with E-state index in [1.807, 2.05) is 13.8 Å². The van der Waals surface area contributed by atoms with Crippen LogP contribution in [-0.2, 0) is 4.79 Å². The molecule has 0 bridgehead atoms. The monoisotopic (exact) mass is 230 g/mol. The number of rotatable bonds is 8. The molecule has 1 atom stereocenters. The van der Waals surface area contributed by atoms with Gasteiger partial charge in [-0.15, -0.1) is 0 Å². The number of hydrogen-bond donors (Lipinski definition) is 3. The zero-order valence-corrected chi connectivity index (χ0v) is 10.8. The van der Waals surface area contributed by atoms with Crippen molar-refractivity contribution in [3.8, 4) is 0 Å². The fraction of sp³-hybridized carbons (Fsp3) is 0.917. The first-order valence-corrected chi connectivity index (χ1v) is 6.03. The molecule has 0 radical (unpaired) electrons. The van der Waals surface area contributed by atoms with Crippen LogP contribution in [-0.4, -0.2) is 29.7 Å². The van der Waals surface area contributed by atoms with Gasteiger partial charge < -0.3 is 16.2 Å². The van der Waals surface area contributed by atoms with Crippen LogP contribution in [0.1, 0.15) is 46.5 Å². The maximum atomic E-state index is 11.6. The van der Waals surface area contributed by atoms with Crippen LogP contribution >= 0.6 is 0 Å². The van der Waals surface area contributed by atoms with Gasteiger partial charge in [0.25, 0.3) is 0 Å². The van der Waals surface area contributed by atoms with Gasteiger partial charge in [0.2, 0.25) is 5.91 Å². The van der Waals surface area contributed by atoms with Gasteiger partial charge in [-0.1, -0.05) is 6.92 Å². The predicted octanol–water partition coefficient (Wildman–Crippen LogP) is 1.03. The quantitative estimate of drug-likeness (QED) is 0.583. The van der Waals surface area contributed by atoms with E-state index in [4.69, 9.17) is 10.8 Å². The molecule has 4 heteroatoms. The number of nitrogens with one attached hydrogen (secondary N) is 1. The van der Waals surface area contributed by atoms with Crippen LogP contribution in [0, 0.1) is 5.92 Å². The minimum absolute atomic E-state index is 0.0577. The first-order valence-electron chi connectivity index (χ1n) is 6.03. The summed E-state index contributed by atoms with van der Waals surface area (Å²) in [5.74, 6) is 0.555. The van der Waals surface area contributed by atoms with E-state index in [9.17, 15) is 4.79 Å². The minimum Gasteiger partial charge on any atom is -0.396 e. The highest BCUT2D eigenvalue weighted by Gasteiger charge is 2.19. The molecule has 0 aliphatic rings. The molecule has 96 valence electrons. The van der Waals surface area contributed by atoms with Crippen LogP contribution in [0.3, 0.4) is 0 Å². The van der Waals surface area contributed by atoms with Crippen molar-refractivity contribution in [2.45, 2.75) is 52.0 Å². The summed E-state index contributed by atoms with van der Waals surface area (Å²) in [6.45, 7) is 6.73. The van der Waals surface area contributed by atoms with E-state index >= 15 is 0 Å². The average Bonchev–Trinajstić information content (AvgIpc) is 2.14. The second-order valence-corrected chi connectivity index (χ2v) is 5.13. The zero-order chi connectivity index (χ0) is 12.6. The highest BCUT2D eigenvalue weighted by molar-refractivity contribution is 5.76. The van der Waals surface area contributed by atoms with Gasteiger partial charge in [-0.05, 0) is 45.6 Å². The molecule has 0 saturated heterocycles. The lowest BCUT2D eigenvalue weighted by molar-refractivity contribution is -0.123. The summed E-state index contributed by atoms with van der Waals surface area (Å²) in [5, 5.41) is 11.8. The molecular weight excluding hydrogens is 204 g/mol. The molecule has 1 unspecified atom stereocenters. The average molecular weight is 230 g/mol. The molecule has 0 aromatic rings. The first kappa shape index (κ1) is 15.4. The third-order valence-electron chi connectivity index (χ3n) is 2.74. The molecule has 4 nitrogen and oxygen atoms in total. The van der Waals surface area contributed by atoms with Crippen LogP contribution in [0.5, 0.6) is 0 Å². The van der Waals surface area contributed by atoms with Crippen LogP contribution in [0.15, 0.2) is 0 Å². The van der Waals surface area contributed by atoms with Crippen molar-refractivity contribution in [3.63, 3.8) is 0 Å². The molecular formula is C12H26N2O2. The number of amides is 1. The molecule has 0 saturated carbocycles. The summed E-state index contributed by atoms with van der Waals surface area (Å²) in [5.41, 5.74) is 5.13. The van der Waals surface area contributed by atoms with E-state index in [1.54, 1.807) is 0 Å². The van der Waals surface area contributed by atoms with E-state index in [2.05, 4.69) is 12.2 Å². The third kappa shape index (κ3) is 7.65. The van der Waals surface area contributed by atoms with Crippen molar-refractivity contribution in [2.24, 2.45) is 11.7 Å². The van der Waals surface area contributed by atoms with E-state index in [-0.39, 0.29) is 18.1 Å². The van der Waals surface area contributed by atoms with Gasteiger partial charge in [0.05, 0.1) is 0 Å². The molecule has 0 fully saturated rings. The number of nitrogens with two attached hydrogens (primary N) is 1. The van der Waals surface area contributed by atoms with Crippen molar-refractivity contribution in [2.75, 3.05) is 13.2 Å². The largest absolute Gasteiger partial charge is 0.396 e. The van der Waals surface area contributed by atoms with Crippen molar-refractivity contribution in [1.82, 2.24) is 5.32 Å². The highest BCUT2D eigenvalue weighted by atomic mass is 16.3. The van der Waals surface area contributed by atoms with Crippen molar-refractivity contribution in [1.29, 1.82) is 0 Å². The van der Waals surface area contributed by atoms with Gasteiger partial charge in [-0.2, -0.15) is 0 Å². The van der Waals surface area contributed by atoms with Gasteiger partial charge in [-0.25, -0.2) is 0 Å². The van der Waals surface area contributed by atoms with Crippen LogP contribution < -0.4 is 11.1 Å². The fourth-order valence-electron chi connectivity index (χ4n) is 1.59. The Morgan fingerprint density at radius 2 is 2.06 bits per heavy atom. The number of carbonyl (C=O) groups excluding carboxylic acids is 1. The second-order valence-electron chi connectivity index (χ2n) is 5.13. The van der Waals surface area contributed by atoms with E-state index < -0.39 is 0 Å². The lowest BCUT2D eigenvalue weighted by Gasteiger charge is -2.25. The van der Waals surface area contributed by atoms with Crippen molar-refractivity contribution in [3.05, 3.63) is 0 Å². The van der Waals surface area contributed by atoms with Gasteiger partial charge in [-0.3, -0.25) is 4.79 Å². The Bertz CT molecular complexity index is 205. The summed E-state index contributed by atoms with van der Waals surface area (Å²) in [4.78, 5) is 11.6. The summed E-state index contributed by atoms with van der Waals surface area (Å²) in [6, 6.07) is 0. The molecule has 0 aliphatic heterocycles. The van der Waals surface area contributed by atoms with E-state index in [1.165, 1.54) is 0 Å². The topological polar surface area (TPSA) is 75.4 Å². The summed E-state index contributed by atoms with van der Waals surface area (Å²) >= 11 is 0. The van der Waals surface area contributed by atoms with Crippen LogP contribution in [0.2, 0.25) is 0 Å². The molecule has 1 amide bonds. The molecule has 4 N–H and O–H groups in total. The number of carbonyl (C=O) groups is 1. The van der Waals surface area contributed by atoms with Gasteiger partial charge in [0.15, 0.2) is 0 Å². The first-order chi connectivity index (χ1) is 7.41. The molecule has 0 aromatic heterocycles. The normalized spacial score (nSPS) is 13.6. The molecule has 0 spiro atoms. The number of hydrogen-bond acceptors (Lipinski definition) is 3. The Kier molecular flexibility index (Phi) is 7.34. The van der Waals surface area contributed by atoms with Gasteiger partial charge in [0, 0.05) is 18.6 Å². The SMILES string of the molecule is CC(CCN)CCC(=O)NC(C)(C)CCO. The summed E-state index contributed by atoms with van der Waals surface area (Å²) in [7, 11) is 0. The Hall–Kier alpha value is -0.610. The summed E-state index contributed by atoms with van der Waals surface area (Å²) in [6.07, 6.45) is 2.96. The van der Waals surface area contributed by atoms with Gasteiger partial charge in [0.1, 0.15) is 0 Å².